The summed E-state index contributed by atoms with van der Waals surface area (Å²) in [6.45, 7) is 6.11. The molecule has 1 fully saturated rings. The monoisotopic (exact) mass is 446 g/mol. The predicted molar refractivity (Wildman–Crippen MR) is 132 cm³/mol. The molecule has 174 valence electrons. The molecule has 0 unspecified atom stereocenters. The van der Waals surface area contributed by atoms with Crippen LogP contribution in [-0.4, -0.2) is 17.5 Å². The third-order valence-corrected chi connectivity index (χ3v) is 7.61. The molecule has 5 nitrogen and oxygen atoms in total. The number of nitrogens with two attached hydrogens (primary N) is 1. The van der Waals surface area contributed by atoms with Crippen LogP contribution in [0.5, 0.6) is 0 Å². The highest BCUT2D eigenvalue weighted by Crippen LogP contribution is 2.53. The zero-order valence-corrected chi connectivity index (χ0v) is 19.9. The molecule has 2 aliphatic rings. The van der Waals surface area contributed by atoms with Gasteiger partial charge >= 0.3 is 5.97 Å². The lowest BCUT2D eigenvalue weighted by molar-refractivity contribution is -0.143. The van der Waals surface area contributed by atoms with Gasteiger partial charge in [0.1, 0.15) is 5.71 Å². The molecule has 0 amide bonds. The van der Waals surface area contributed by atoms with Gasteiger partial charge in [-0.05, 0) is 66.1 Å². The Hall–Kier alpha value is -2.95. The number of oxime groups is 1. The lowest BCUT2D eigenvalue weighted by Gasteiger charge is -2.30. The first kappa shape index (κ1) is 23.2. The van der Waals surface area contributed by atoms with Crippen LogP contribution in [0.15, 0.2) is 41.6 Å². The van der Waals surface area contributed by atoms with Gasteiger partial charge in [0.15, 0.2) is 0 Å². The standard InChI is InChI=1S/C28H34N2O3/c1-4-25(31)33-30-26(18-10-8-7-9-11-18)27(32)19-12-14-21-22-15-13-20(29)17-24(22)28(5-2,6-3)23(21)16-19/h12-18H,4-11,29H2,1-3H3/b30-26+. The fourth-order valence-corrected chi connectivity index (χ4v) is 5.66. The Morgan fingerprint density at radius 3 is 2.24 bits per heavy atom. The number of carbonyl (C=O) groups excluding carboxylic acids is 2. The maximum atomic E-state index is 13.7. The maximum absolute atomic E-state index is 13.7. The molecule has 5 heteroatoms. The lowest BCUT2D eigenvalue weighted by atomic mass is 9.73. The van der Waals surface area contributed by atoms with Crippen molar-refractivity contribution in [2.75, 3.05) is 5.73 Å². The molecular weight excluding hydrogens is 412 g/mol. The second-order valence-corrected chi connectivity index (χ2v) is 9.31. The van der Waals surface area contributed by atoms with Gasteiger partial charge in [-0.3, -0.25) is 4.79 Å². The molecule has 1 saturated carbocycles. The third-order valence-electron chi connectivity index (χ3n) is 7.61. The Kier molecular flexibility index (Phi) is 6.68. The maximum Gasteiger partial charge on any atom is 0.334 e. The third kappa shape index (κ3) is 4.09. The first-order valence-corrected chi connectivity index (χ1v) is 12.3. The SMILES string of the molecule is CCC(=O)O/N=C(/C(=O)c1ccc2c(c1)C(CC)(CC)c1cc(N)ccc1-2)C1CCCCC1. The number of ketones is 1. The number of benzene rings is 2. The largest absolute Gasteiger partial charge is 0.399 e. The Bertz CT molecular complexity index is 1090. The quantitative estimate of drug-likeness (QED) is 0.175. The van der Waals surface area contributed by atoms with Gasteiger partial charge in [-0.2, -0.15) is 0 Å². The fourth-order valence-electron chi connectivity index (χ4n) is 5.66. The first-order chi connectivity index (χ1) is 15.9. The molecule has 0 spiro atoms. The summed E-state index contributed by atoms with van der Waals surface area (Å²) in [5.74, 6) is -0.525. The van der Waals surface area contributed by atoms with E-state index < -0.39 is 5.97 Å². The molecule has 2 aliphatic carbocycles. The van der Waals surface area contributed by atoms with Gasteiger partial charge in [0, 0.05) is 29.0 Å². The number of anilines is 1. The van der Waals surface area contributed by atoms with Crippen molar-refractivity contribution in [3.8, 4) is 11.1 Å². The van der Waals surface area contributed by atoms with Crippen molar-refractivity contribution in [3.05, 3.63) is 53.1 Å². The zero-order chi connectivity index (χ0) is 23.6. The minimum atomic E-state index is -0.422. The minimum Gasteiger partial charge on any atom is -0.399 e. The molecule has 2 N–H and O–H groups in total. The molecule has 0 heterocycles. The van der Waals surface area contributed by atoms with Gasteiger partial charge in [-0.25, -0.2) is 4.79 Å². The topological polar surface area (TPSA) is 81.8 Å². The molecule has 0 bridgehead atoms. The number of hydrogen-bond acceptors (Lipinski definition) is 5. The molecular formula is C28H34N2O3. The number of rotatable bonds is 7. The van der Waals surface area contributed by atoms with Crippen LogP contribution < -0.4 is 5.73 Å². The molecule has 2 aromatic rings. The molecule has 0 saturated heterocycles. The van der Waals surface area contributed by atoms with E-state index in [0.717, 1.165) is 44.2 Å². The average Bonchev–Trinajstić information content (AvgIpc) is 3.12. The van der Waals surface area contributed by atoms with E-state index in [2.05, 4.69) is 37.2 Å². The number of fused-ring (bicyclic) bond motifs is 3. The van der Waals surface area contributed by atoms with Crippen LogP contribution in [0.25, 0.3) is 11.1 Å². The van der Waals surface area contributed by atoms with Crippen LogP contribution in [0.3, 0.4) is 0 Å². The molecule has 4 rings (SSSR count). The predicted octanol–water partition coefficient (Wildman–Crippen LogP) is 6.43. The van der Waals surface area contributed by atoms with Crippen molar-refractivity contribution in [1.29, 1.82) is 0 Å². The Morgan fingerprint density at radius 1 is 0.970 bits per heavy atom. The van der Waals surface area contributed by atoms with Gasteiger partial charge in [0.2, 0.25) is 5.78 Å². The first-order valence-electron chi connectivity index (χ1n) is 12.3. The van der Waals surface area contributed by atoms with Crippen LogP contribution in [0.2, 0.25) is 0 Å². The number of Topliss-reactive ketones (excluding diaryl/α,β-unsaturated/α-hetero) is 1. The van der Waals surface area contributed by atoms with Crippen molar-refractivity contribution in [2.45, 2.75) is 77.6 Å². The zero-order valence-electron chi connectivity index (χ0n) is 19.9. The summed E-state index contributed by atoms with van der Waals surface area (Å²) in [6, 6.07) is 12.1. The second-order valence-electron chi connectivity index (χ2n) is 9.31. The number of hydrogen-bond donors (Lipinski definition) is 1. The molecule has 0 radical (unpaired) electrons. The molecule has 33 heavy (non-hydrogen) atoms. The minimum absolute atomic E-state index is 0.0308. The Labute approximate surface area is 196 Å². The van der Waals surface area contributed by atoms with Gasteiger partial charge in [-0.1, -0.05) is 63.4 Å². The summed E-state index contributed by atoms with van der Waals surface area (Å²) >= 11 is 0. The van der Waals surface area contributed by atoms with Crippen molar-refractivity contribution in [3.63, 3.8) is 0 Å². The van der Waals surface area contributed by atoms with E-state index in [9.17, 15) is 9.59 Å². The van der Waals surface area contributed by atoms with Gasteiger partial charge in [-0.15, -0.1) is 0 Å². The van der Waals surface area contributed by atoms with Gasteiger partial charge < -0.3 is 10.6 Å². The summed E-state index contributed by atoms with van der Waals surface area (Å²) in [5, 5.41) is 4.12. The summed E-state index contributed by atoms with van der Waals surface area (Å²) in [4.78, 5) is 30.6. The lowest BCUT2D eigenvalue weighted by Crippen LogP contribution is -2.28. The van der Waals surface area contributed by atoms with E-state index in [0.29, 0.717) is 11.3 Å². The molecule has 2 aromatic carbocycles. The fraction of sp³-hybridized carbons (Fsp3) is 0.464. The summed E-state index contributed by atoms with van der Waals surface area (Å²) in [5.41, 5.74) is 12.5. The van der Waals surface area contributed by atoms with Gasteiger partial charge in [0.05, 0.1) is 0 Å². The highest BCUT2D eigenvalue weighted by atomic mass is 16.7. The Morgan fingerprint density at radius 2 is 1.61 bits per heavy atom. The summed E-state index contributed by atoms with van der Waals surface area (Å²) in [7, 11) is 0. The van der Waals surface area contributed by atoms with E-state index in [1.807, 2.05) is 18.2 Å². The number of nitrogens with zero attached hydrogens (tertiary/aromatic N) is 1. The smallest absolute Gasteiger partial charge is 0.334 e. The molecule has 0 aromatic heterocycles. The second kappa shape index (κ2) is 9.50. The normalized spacial score (nSPS) is 17.4. The van der Waals surface area contributed by atoms with Crippen molar-refractivity contribution < 1.29 is 14.4 Å². The summed E-state index contributed by atoms with van der Waals surface area (Å²) in [6.07, 6.45) is 7.16. The van der Waals surface area contributed by atoms with Crippen molar-refractivity contribution in [1.82, 2.24) is 0 Å². The van der Waals surface area contributed by atoms with E-state index in [1.54, 1.807) is 6.92 Å². The van der Waals surface area contributed by atoms with Gasteiger partial charge in [0.25, 0.3) is 0 Å². The van der Waals surface area contributed by atoms with Crippen LogP contribution in [0, 0.1) is 5.92 Å². The number of carbonyl (C=O) groups is 2. The molecule has 0 atom stereocenters. The highest BCUT2D eigenvalue weighted by molar-refractivity contribution is 6.46. The Balaban J connectivity index is 1.77. The van der Waals surface area contributed by atoms with Crippen molar-refractivity contribution in [2.24, 2.45) is 11.1 Å². The average molecular weight is 447 g/mol. The van der Waals surface area contributed by atoms with Crippen molar-refractivity contribution >= 4 is 23.2 Å². The van der Waals surface area contributed by atoms with Crippen LogP contribution in [-0.2, 0) is 15.0 Å². The van der Waals surface area contributed by atoms with Crippen LogP contribution in [0.1, 0.15) is 93.6 Å². The van der Waals surface area contributed by atoms with Crippen LogP contribution >= 0.6 is 0 Å². The van der Waals surface area contributed by atoms with E-state index >= 15 is 0 Å². The molecule has 0 aliphatic heterocycles. The summed E-state index contributed by atoms with van der Waals surface area (Å²) < 4.78 is 0. The van der Waals surface area contributed by atoms with E-state index in [1.165, 1.54) is 28.7 Å². The van der Waals surface area contributed by atoms with E-state index in [-0.39, 0.29) is 23.5 Å². The highest BCUT2D eigenvalue weighted by Gasteiger charge is 2.41. The van der Waals surface area contributed by atoms with Crippen LogP contribution in [0.4, 0.5) is 5.69 Å². The van der Waals surface area contributed by atoms with E-state index in [4.69, 9.17) is 10.6 Å². The number of nitrogen functional groups attached to an aromatic ring is 1.